The Kier molecular flexibility index (Phi) is 3.27. The van der Waals surface area contributed by atoms with Gasteiger partial charge in [-0.25, -0.2) is 4.39 Å². The maximum atomic E-state index is 12.5. The van der Waals surface area contributed by atoms with Crippen LogP contribution in [-0.2, 0) is 6.54 Å². The molecule has 3 heteroatoms. The zero-order valence-corrected chi connectivity index (χ0v) is 10.1. The number of aryl methyl sites for hydroxylation is 1. The zero-order valence-electron chi connectivity index (χ0n) is 10.1. The molecule has 2 aromatic rings. The normalized spacial score (nSPS) is 11.3. The van der Waals surface area contributed by atoms with Crippen LogP contribution in [0, 0.1) is 5.92 Å². The van der Waals surface area contributed by atoms with Crippen LogP contribution < -0.4 is 0 Å². The molecule has 0 N–H and O–H groups in total. The number of carbonyl (C=O) groups excluding carboxylic acids is 1. The molecule has 0 aliphatic heterocycles. The van der Waals surface area contributed by atoms with Crippen LogP contribution in [-0.4, -0.2) is 17.0 Å². The Bertz CT molecular complexity index is 542. The van der Waals surface area contributed by atoms with Crippen molar-refractivity contribution in [2.24, 2.45) is 5.92 Å². The monoisotopic (exact) mass is 233 g/mol. The maximum Gasteiger partial charge on any atom is 0.167 e. The molecule has 0 saturated carbocycles. The van der Waals surface area contributed by atoms with E-state index < -0.39 is 6.67 Å². The third-order valence-corrected chi connectivity index (χ3v) is 2.90. The van der Waals surface area contributed by atoms with E-state index in [0.29, 0.717) is 12.1 Å². The van der Waals surface area contributed by atoms with Crippen molar-refractivity contribution in [3.05, 3.63) is 36.0 Å². The molecular formula is C14H16FNO. The molecule has 1 heterocycles. The molecule has 0 aliphatic rings. The molecule has 0 spiro atoms. The second-order valence-electron chi connectivity index (χ2n) is 4.46. The zero-order chi connectivity index (χ0) is 12.4. The van der Waals surface area contributed by atoms with E-state index in [2.05, 4.69) is 0 Å². The van der Waals surface area contributed by atoms with Gasteiger partial charge in [-0.1, -0.05) is 32.0 Å². The minimum atomic E-state index is -0.423. The largest absolute Gasteiger partial charge is 0.344 e. The van der Waals surface area contributed by atoms with E-state index in [-0.39, 0.29) is 11.7 Å². The lowest BCUT2D eigenvalue weighted by molar-refractivity contribution is 0.0941. The topological polar surface area (TPSA) is 22.0 Å². The number of para-hydroxylation sites is 1. The van der Waals surface area contributed by atoms with E-state index in [0.717, 1.165) is 10.9 Å². The third-order valence-electron chi connectivity index (χ3n) is 2.90. The number of nitrogens with zero attached hydrogens (tertiary/aromatic N) is 1. The van der Waals surface area contributed by atoms with Crippen LogP contribution in [0.5, 0.6) is 0 Å². The minimum Gasteiger partial charge on any atom is -0.344 e. The van der Waals surface area contributed by atoms with Crippen LogP contribution in [0.1, 0.15) is 24.2 Å². The standard InChI is InChI=1S/C14H16FNO/c1-10(2)14(17)12-9-16(8-7-15)13-6-4-3-5-11(12)13/h3-6,9-10H,7-8H2,1-2H3. The quantitative estimate of drug-likeness (QED) is 0.741. The highest BCUT2D eigenvalue weighted by atomic mass is 19.1. The Morgan fingerprint density at radius 2 is 2.06 bits per heavy atom. The van der Waals surface area contributed by atoms with Crippen LogP contribution >= 0.6 is 0 Å². The molecule has 0 bridgehead atoms. The lowest BCUT2D eigenvalue weighted by Gasteiger charge is -2.01. The van der Waals surface area contributed by atoms with E-state index >= 15 is 0 Å². The van der Waals surface area contributed by atoms with Crippen LogP contribution in [0.25, 0.3) is 10.9 Å². The van der Waals surface area contributed by atoms with Gasteiger partial charge < -0.3 is 4.57 Å². The Labute approximate surface area is 100 Å². The van der Waals surface area contributed by atoms with Crippen molar-refractivity contribution in [1.29, 1.82) is 0 Å². The number of carbonyl (C=O) groups is 1. The molecule has 17 heavy (non-hydrogen) atoms. The lowest BCUT2D eigenvalue weighted by atomic mass is 10.0. The summed E-state index contributed by atoms with van der Waals surface area (Å²) in [6.45, 7) is 3.63. The van der Waals surface area contributed by atoms with Crippen LogP contribution in [0.2, 0.25) is 0 Å². The van der Waals surface area contributed by atoms with E-state index in [4.69, 9.17) is 0 Å². The SMILES string of the molecule is CC(C)C(=O)c1cn(CCF)c2ccccc12. The van der Waals surface area contributed by atoms with Crippen LogP contribution in [0.15, 0.2) is 30.5 Å². The highest BCUT2D eigenvalue weighted by Crippen LogP contribution is 2.23. The average Bonchev–Trinajstić information content (AvgIpc) is 2.68. The van der Waals surface area contributed by atoms with Gasteiger partial charge in [0, 0.05) is 28.6 Å². The smallest absolute Gasteiger partial charge is 0.167 e. The predicted molar refractivity (Wildman–Crippen MR) is 67.1 cm³/mol. The second kappa shape index (κ2) is 4.70. The van der Waals surface area contributed by atoms with Gasteiger partial charge in [0.25, 0.3) is 0 Å². The van der Waals surface area contributed by atoms with Crippen LogP contribution in [0.3, 0.4) is 0 Å². The highest BCUT2D eigenvalue weighted by Gasteiger charge is 2.16. The number of hydrogen-bond acceptors (Lipinski definition) is 1. The van der Waals surface area contributed by atoms with E-state index in [9.17, 15) is 9.18 Å². The number of ketones is 1. The fourth-order valence-electron chi connectivity index (χ4n) is 2.03. The van der Waals surface area contributed by atoms with Crippen LogP contribution in [0.4, 0.5) is 4.39 Å². The van der Waals surface area contributed by atoms with Gasteiger partial charge in [0.05, 0.1) is 6.54 Å². The molecule has 0 amide bonds. The summed E-state index contributed by atoms with van der Waals surface area (Å²) in [4.78, 5) is 12.1. The molecule has 2 rings (SSSR count). The van der Waals surface area contributed by atoms with Crippen molar-refractivity contribution in [2.75, 3.05) is 6.67 Å². The van der Waals surface area contributed by atoms with Gasteiger partial charge in [0.15, 0.2) is 5.78 Å². The molecule has 0 saturated heterocycles. The molecule has 0 atom stereocenters. The van der Waals surface area contributed by atoms with Gasteiger partial charge in [-0.05, 0) is 6.07 Å². The number of halogens is 1. The van der Waals surface area contributed by atoms with Gasteiger partial charge in [0.1, 0.15) is 6.67 Å². The fraction of sp³-hybridized carbons (Fsp3) is 0.357. The Morgan fingerprint density at radius 3 is 2.71 bits per heavy atom. The average molecular weight is 233 g/mol. The number of aromatic nitrogens is 1. The van der Waals surface area contributed by atoms with Gasteiger partial charge in [-0.15, -0.1) is 0 Å². The van der Waals surface area contributed by atoms with Crippen molar-refractivity contribution in [1.82, 2.24) is 4.57 Å². The first-order valence-electron chi connectivity index (χ1n) is 5.83. The van der Waals surface area contributed by atoms with Crippen molar-refractivity contribution in [3.8, 4) is 0 Å². The minimum absolute atomic E-state index is 0.0420. The summed E-state index contributed by atoms with van der Waals surface area (Å²) < 4.78 is 14.3. The number of fused-ring (bicyclic) bond motifs is 1. The van der Waals surface area contributed by atoms with E-state index in [1.807, 2.05) is 42.7 Å². The molecule has 0 fully saturated rings. The van der Waals surface area contributed by atoms with Crippen molar-refractivity contribution in [3.63, 3.8) is 0 Å². The Morgan fingerprint density at radius 1 is 1.35 bits per heavy atom. The van der Waals surface area contributed by atoms with Gasteiger partial charge >= 0.3 is 0 Å². The number of hydrogen-bond donors (Lipinski definition) is 0. The Balaban J connectivity index is 2.60. The molecule has 0 unspecified atom stereocenters. The van der Waals surface area contributed by atoms with E-state index in [1.54, 1.807) is 6.20 Å². The predicted octanol–water partition coefficient (Wildman–Crippen LogP) is 3.45. The maximum absolute atomic E-state index is 12.5. The number of rotatable bonds is 4. The molecule has 0 radical (unpaired) electrons. The summed E-state index contributed by atoms with van der Waals surface area (Å²) in [5.41, 5.74) is 1.62. The van der Waals surface area contributed by atoms with E-state index in [1.165, 1.54) is 0 Å². The van der Waals surface area contributed by atoms with Gasteiger partial charge in [-0.2, -0.15) is 0 Å². The fourth-order valence-corrected chi connectivity index (χ4v) is 2.03. The number of alkyl halides is 1. The first-order valence-corrected chi connectivity index (χ1v) is 5.83. The van der Waals surface area contributed by atoms with Crippen molar-refractivity contribution in [2.45, 2.75) is 20.4 Å². The molecular weight excluding hydrogens is 217 g/mol. The summed E-state index contributed by atoms with van der Waals surface area (Å²) >= 11 is 0. The summed E-state index contributed by atoms with van der Waals surface area (Å²) in [5, 5.41) is 0.916. The molecule has 1 aromatic carbocycles. The molecule has 1 aromatic heterocycles. The van der Waals surface area contributed by atoms with Gasteiger partial charge in [0.2, 0.25) is 0 Å². The first kappa shape index (κ1) is 11.8. The van der Waals surface area contributed by atoms with Crippen molar-refractivity contribution >= 4 is 16.7 Å². The van der Waals surface area contributed by atoms with Gasteiger partial charge in [-0.3, -0.25) is 4.79 Å². The summed E-state index contributed by atoms with van der Waals surface area (Å²) in [7, 11) is 0. The summed E-state index contributed by atoms with van der Waals surface area (Å²) in [6, 6.07) is 7.64. The summed E-state index contributed by atoms with van der Waals surface area (Å²) in [5.74, 6) is 0.0680. The molecule has 2 nitrogen and oxygen atoms in total. The second-order valence-corrected chi connectivity index (χ2v) is 4.46. The first-order chi connectivity index (χ1) is 8.15. The molecule has 90 valence electrons. The Hall–Kier alpha value is -1.64. The third kappa shape index (κ3) is 2.09. The van der Waals surface area contributed by atoms with Crippen molar-refractivity contribution < 1.29 is 9.18 Å². The number of benzene rings is 1. The summed E-state index contributed by atoms with van der Waals surface area (Å²) in [6.07, 6.45) is 1.77. The lowest BCUT2D eigenvalue weighted by Crippen LogP contribution is -2.06. The molecule has 0 aliphatic carbocycles. The highest BCUT2D eigenvalue weighted by molar-refractivity contribution is 6.08. The number of Topliss-reactive ketones (excluding diaryl/α,β-unsaturated/α-hetero) is 1.